The van der Waals surface area contributed by atoms with Crippen LogP contribution in [0.4, 0.5) is 0 Å². The summed E-state index contributed by atoms with van der Waals surface area (Å²) in [4.78, 5) is 12.1. The van der Waals surface area contributed by atoms with E-state index in [1.807, 2.05) is 24.4 Å². The van der Waals surface area contributed by atoms with Crippen molar-refractivity contribution in [1.29, 1.82) is 0 Å². The quantitative estimate of drug-likeness (QED) is 0.691. The molecule has 0 amide bonds. The van der Waals surface area contributed by atoms with Crippen LogP contribution >= 0.6 is 0 Å². The number of carbonyl (C=O) groups excluding carboxylic acids is 1. The highest BCUT2D eigenvalue weighted by Gasteiger charge is 2.30. The molecule has 3 rings (SSSR count). The number of benzene rings is 1. The average molecular weight is 199 g/mol. The van der Waals surface area contributed by atoms with E-state index in [0.29, 0.717) is 5.92 Å². The van der Waals surface area contributed by atoms with Gasteiger partial charge in [0.1, 0.15) is 0 Å². The standard InChI is InChI=1S/C13H13NO/c15-13-11-4-2-1-3-9(11)7-10-5-6-14-8-12(10)13/h1-4,8,10,14H,5-7H2. The van der Waals surface area contributed by atoms with Crippen molar-refractivity contribution in [3.05, 3.63) is 47.2 Å². The minimum absolute atomic E-state index is 0.217. The van der Waals surface area contributed by atoms with Crippen LogP contribution in [0.5, 0.6) is 0 Å². The third-order valence-corrected chi connectivity index (χ3v) is 3.33. The van der Waals surface area contributed by atoms with Crippen molar-refractivity contribution in [3.63, 3.8) is 0 Å². The predicted molar refractivity (Wildman–Crippen MR) is 58.7 cm³/mol. The summed E-state index contributed by atoms with van der Waals surface area (Å²) in [5, 5.41) is 3.16. The lowest BCUT2D eigenvalue weighted by atomic mass is 9.77. The number of nitrogens with one attached hydrogen (secondary N) is 1. The summed E-state index contributed by atoms with van der Waals surface area (Å²) in [5.41, 5.74) is 3.08. The first-order valence-electron chi connectivity index (χ1n) is 5.42. The maximum Gasteiger partial charge on any atom is 0.191 e. The van der Waals surface area contributed by atoms with Gasteiger partial charge < -0.3 is 5.32 Å². The lowest BCUT2D eigenvalue weighted by molar-refractivity contribution is 0.101. The maximum atomic E-state index is 12.1. The minimum atomic E-state index is 0.217. The zero-order valence-electron chi connectivity index (χ0n) is 8.49. The molecule has 1 aromatic carbocycles. The van der Waals surface area contributed by atoms with Crippen LogP contribution in [0.2, 0.25) is 0 Å². The lowest BCUT2D eigenvalue weighted by Gasteiger charge is -2.29. The molecule has 0 radical (unpaired) electrons. The second-order valence-electron chi connectivity index (χ2n) is 4.23. The predicted octanol–water partition coefficient (Wildman–Crippen LogP) is 1.92. The van der Waals surface area contributed by atoms with Gasteiger partial charge in [-0.3, -0.25) is 4.79 Å². The SMILES string of the molecule is O=C1C2=CNCCC2Cc2ccccc21. The zero-order valence-corrected chi connectivity index (χ0v) is 8.49. The molecule has 1 aliphatic carbocycles. The minimum Gasteiger partial charge on any atom is -0.391 e. The molecule has 0 saturated heterocycles. The molecule has 1 aliphatic heterocycles. The molecule has 0 bridgehead atoms. The maximum absolute atomic E-state index is 12.1. The monoisotopic (exact) mass is 199 g/mol. The van der Waals surface area contributed by atoms with Crippen molar-refractivity contribution in [3.8, 4) is 0 Å². The normalized spacial score (nSPS) is 23.6. The number of rotatable bonds is 0. The molecule has 2 heteroatoms. The van der Waals surface area contributed by atoms with Gasteiger partial charge in [-0.25, -0.2) is 0 Å². The fourth-order valence-corrected chi connectivity index (χ4v) is 2.52. The topological polar surface area (TPSA) is 29.1 Å². The van der Waals surface area contributed by atoms with E-state index in [0.717, 1.165) is 30.5 Å². The van der Waals surface area contributed by atoms with Crippen molar-refractivity contribution in [2.24, 2.45) is 5.92 Å². The Hall–Kier alpha value is -1.57. The summed E-state index contributed by atoms with van der Waals surface area (Å²) in [6, 6.07) is 7.96. The van der Waals surface area contributed by atoms with Crippen LogP contribution < -0.4 is 5.32 Å². The molecule has 2 nitrogen and oxygen atoms in total. The summed E-state index contributed by atoms with van der Waals surface area (Å²) in [6.07, 6.45) is 4.01. The van der Waals surface area contributed by atoms with Crippen LogP contribution in [-0.4, -0.2) is 12.3 Å². The second-order valence-corrected chi connectivity index (χ2v) is 4.23. The molecule has 1 unspecified atom stereocenters. The summed E-state index contributed by atoms with van der Waals surface area (Å²) in [5.74, 6) is 0.655. The van der Waals surface area contributed by atoms with Gasteiger partial charge in [0.25, 0.3) is 0 Å². The van der Waals surface area contributed by atoms with Crippen LogP contribution in [0, 0.1) is 5.92 Å². The van der Waals surface area contributed by atoms with Gasteiger partial charge in [0.2, 0.25) is 0 Å². The lowest BCUT2D eigenvalue weighted by Crippen LogP contribution is -2.31. The number of allylic oxidation sites excluding steroid dienone is 1. The molecular weight excluding hydrogens is 186 g/mol. The average Bonchev–Trinajstić information content (AvgIpc) is 2.30. The van der Waals surface area contributed by atoms with E-state index in [-0.39, 0.29) is 5.78 Å². The van der Waals surface area contributed by atoms with Gasteiger partial charge in [-0.05, 0) is 24.3 Å². The highest BCUT2D eigenvalue weighted by Crippen LogP contribution is 2.32. The molecule has 0 fully saturated rings. The Kier molecular flexibility index (Phi) is 1.88. The molecular formula is C13H13NO. The largest absolute Gasteiger partial charge is 0.391 e. The van der Waals surface area contributed by atoms with E-state index >= 15 is 0 Å². The Balaban J connectivity index is 2.12. The van der Waals surface area contributed by atoms with Gasteiger partial charge in [0.05, 0.1) is 0 Å². The van der Waals surface area contributed by atoms with Crippen LogP contribution in [0.25, 0.3) is 0 Å². The number of hydrogen-bond acceptors (Lipinski definition) is 2. The Morgan fingerprint density at radius 1 is 1.27 bits per heavy atom. The van der Waals surface area contributed by atoms with E-state index in [1.165, 1.54) is 5.56 Å². The molecule has 76 valence electrons. The van der Waals surface area contributed by atoms with Gasteiger partial charge in [-0.1, -0.05) is 24.3 Å². The summed E-state index contributed by atoms with van der Waals surface area (Å²) in [7, 11) is 0. The fourth-order valence-electron chi connectivity index (χ4n) is 2.52. The number of carbonyl (C=O) groups is 1. The van der Waals surface area contributed by atoms with Crippen molar-refractivity contribution < 1.29 is 4.79 Å². The Morgan fingerprint density at radius 3 is 3.07 bits per heavy atom. The number of fused-ring (bicyclic) bond motifs is 2. The molecule has 0 aromatic heterocycles. The first-order chi connectivity index (χ1) is 7.36. The molecule has 1 N–H and O–H groups in total. The van der Waals surface area contributed by atoms with Crippen LogP contribution in [0.15, 0.2) is 36.0 Å². The molecule has 1 aromatic rings. The Labute approximate surface area is 89.0 Å². The van der Waals surface area contributed by atoms with Crippen LogP contribution in [0.1, 0.15) is 22.3 Å². The van der Waals surface area contributed by atoms with Crippen molar-refractivity contribution in [1.82, 2.24) is 5.32 Å². The zero-order chi connectivity index (χ0) is 10.3. The number of ketones is 1. The third kappa shape index (κ3) is 1.29. The van der Waals surface area contributed by atoms with Gasteiger partial charge in [0.15, 0.2) is 5.78 Å². The van der Waals surface area contributed by atoms with E-state index < -0.39 is 0 Å². The smallest absolute Gasteiger partial charge is 0.191 e. The first-order valence-corrected chi connectivity index (χ1v) is 5.42. The fraction of sp³-hybridized carbons (Fsp3) is 0.308. The molecule has 1 heterocycles. The second kappa shape index (κ2) is 3.23. The van der Waals surface area contributed by atoms with E-state index in [4.69, 9.17) is 0 Å². The van der Waals surface area contributed by atoms with Crippen molar-refractivity contribution in [2.75, 3.05) is 6.54 Å². The molecule has 1 atom stereocenters. The third-order valence-electron chi connectivity index (χ3n) is 3.33. The molecule has 0 spiro atoms. The van der Waals surface area contributed by atoms with E-state index in [2.05, 4.69) is 11.4 Å². The molecule has 15 heavy (non-hydrogen) atoms. The highest BCUT2D eigenvalue weighted by atomic mass is 16.1. The van der Waals surface area contributed by atoms with E-state index in [9.17, 15) is 4.79 Å². The Morgan fingerprint density at radius 2 is 2.13 bits per heavy atom. The van der Waals surface area contributed by atoms with Crippen molar-refractivity contribution in [2.45, 2.75) is 12.8 Å². The molecule has 2 aliphatic rings. The van der Waals surface area contributed by atoms with E-state index in [1.54, 1.807) is 0 Å². The number of Topliss-reactive ketones (excluding diaryl/α,β-unsaturated/α-hetero) is 1. The van der Waals surface area contributed by atoms with Crippen molar-refractivity contribution >= 4 is 5.78 Å². The summed E-state index contributed by atoms with van der Waals surface area (Å²) >= 11 is 0. The summed E-state index contributed by atoms with van der Waals surface area (Å²) < 4.78 is 0. The Bertz CT molecular complexity index is 448. The number of hydrogen-bond donors (Lipinski definition) is 1. The van der Waals surface area contributed by atoms with Gasteiger partial charge in [-0.15, -0.1) is 0 Å². The van der Waals surface area contributed by atoms with Gasteiger partial charge >= 0.3 is 0 Å². The van der Waals surface area contributed by atoms with Crippen LogP contribution in [0.3, 0.4) is 0 Å². The first kappa shape index (κ1) is 8.72. The van der Waals surface area contributed by atoms with Gasteiger partial charge in [0, 0.05) is 23.9 Å². The van der Waals surface area contributed by atoms with Gasteiger partial charge in [-0.2, -0.15) is 0 Å². The molecule has 0 saturated carbocycles. The summed E-state index contributed by atoms with van der Waals surface area (Å²) in [6.45, 7) is 0.990. The van der Waals surface area contributed by atoms with Crippen LogP contribution in [-0.2, 0) is 6.42 Å². The highest BCUT2D eigenvalue weighted by molar-refractivity contribution is 6.11.